The molecule has 0 unspecified atom stereocenters. The molecule has 0 spiro atoms. The molecule has 1 aliphatic heterocycles. The molecule has 8 nitrogen and oxygen atoms in total. The van der Waals surface area contributed by atoms with Crippen LogP contribution < -0.4 is 4.90 Å². The topological polar surface area (TPSA) is 80.0 Å². The quantitative estimate of drug-likeness (QED) is 0.796. The van der Waals surface area contributed by atoms with Crippen molar-refractivity contribution in [2.75, 3.05) is 31.1 Å². The predicted octanol–water partition coefficient (Wildman–Crippen LogP) is 0.446. The number of carbonyl (C=O) groups excluding carboxylic acids is 1. The van der Waals surface area contributed by atoms with Crippen LogP contribution in [0.3, 0.4) is 0 Å². The standard InChI is InChI=1S/C16H21N7O/c1-21-11-14(18-20-21)16(24)23-8-6-22(7-9-23)15-10-12-4-2-3-5-13(12)17-19-15/h10-11H,2-9H2,1H3. The van der Waals surface area contributed by atoms with Gasteiger partial charge in [-0.15, -0.1) is 10.2 Å². The molecular formula is C16H21N7O. The Balaban J connectivity index is 1.42. The molecule has 0 radical (unpaired) electrons. The Kier molecular flexibility index (Phi) is 3.87. The number of aryl methyl sites for hydroxylation is 3. The molecular weight excluding hydrogens is 306 g/mol. The Morgan fingerprint density at radius 1 is 1.04 bits per heavy atom. The zero-order valence-electron chi connectivity index (χ0n) is 13.9. The lowest BCUT2D eigenvalue weighted by Crippen LogP contribution is -2.49. The molecule has 3 heterocycles. The number of carbonyl (C=O) groups is 1. The van der Waals surface area contributed by atoms with Gasteiger partial charge in [-0.2, -0.15) is 5.10 Å². The second-order valence-corrected chi connectivity index (χ2v) is 6.44. The minimum atomic E-state index is -0.0562. The van der Waals surface area contributed by atoms with E-state index in [9.17, 15) is 4.79 Å². The van der Waals surface area contributed by atoms with Crippen LogP contribution in [-0.2, 0) is 19.9 Å². The van der Waals surface area contributed by atoms with Crippen molar-refractivity contribution in [3.63, 3.8) is 0 Å². The smallest absolute Gasteiger partial charge is 0.276 e. The molecule has 0 saturated carbocycles. The van der Waals surface area contributed by atoms with Crippen molar-refractivity contribution in [1.29, 1.82) is 0 Å². The molecule has 0 atom stereocenters. The van der Waals surface area contributed by atoms with Gasteiger partial charge in [0.1, 0.15) is 0 Å². The molecule has 4 rings (SSSR count). The van der Waals surface area contributed by atoms with Gasteiger partial charge in [0.2, 0.25) is 0 Å². The Bertz CT molecular complexity index is 749. The van der Waals surface area contributed by atoms with E-state index in [0.29, 0.717) is 18.8 Å². The number of nitrogens with zero attached hydrogens (tertiary/aromatic N) is 7. The normalized spacial score (nSPS) is 17.7. The predicted molar refractivity (Wildman–Crippen MR) is 87.8 cm³/mol. The first-order chi connectivity index (χ1) is 11.7. The summed E-state index contributed by atoms with van der Waals surface area (Å²) in [4.78, 5) is 16.4. The van der Waals surface area contributed by atoms with Crippen LogP contribution in [0.4, 0.5) is 5.82 Å². The van der Waals surface area contributed by atoms with Crippen LogP contribution in [0.1, 0.15) is 34.6 Å². The zero-order chi connectivity index (χ0) is 16.5. The first kappa shape index (κ1) is 15.0. The maximum Gasteiger partial charge on any atom is 0.276 e. The van der Waals surface area contributed by atoms with Gasteiger partial charge in [0.15, 0.2) is 11.5 Å². The average Bonchev–Trinajstić information content (AvgIpc) is 3.07. The lowest BCUT2D eigenvalue weighted by molar-refractivity contribution is 0.0740. The van der Waals surface area contributed by atoms with Gasteiger partial charge in [-0.3, -0.25) is 9.48 Å². The van der Waals surface area contributed by atoms with E-state index in [0.717, 1.165) is 37.4 Å². The summed E-state index contributed by atoms with van der Waals surface area (Å²) in [6.07, 6.45) is 6.25. The van der Waals surface area contributed by atoms with Gasteiger partial charge in [-0.05, 0) is 37.3 Å². The van der Waals surface area contributed by atoms with Gasteiger partial charge in [0.05, 0.1) is 11.9 Å². The number of anilines is 1. The number of aromatic nitrogens is 5. The van der Waals surface area contributed by atoms with Crippen LogP contribution in [0, 0.1) is 0 Å². The first-order valence-corrected chi connectivity index (χ1v) is 8.47. The van der Waals surface area contributed by atoms with Crippen molar-refractivity contribution >= 4 is 11.7 Å². The molecule has 2 aliphatic rings. The SMILES string of the molecule is Cn1cc(C(=O)N2CCN(c3cc4c(nn3)CCCC4)CC2)nn1. The maximum atomic E-state index is 12.4. The fraction of sp³-hybridized carbons (Fsp3) is 0.562. The van der Waals surface area contributed by atoms with E-state index in [2.05, 4.69) is 31.5 Å². The summed E-state index contributed by atoms with van der Waals surface area (Å²) in [6, 6.07) is 2.18. The third-order valence-corrected chi connectivity index (χ3v) is 4.77. The monoisotopic (exact) mass is 327 g/mol. The molecule has 2 aromatic heterocycles. The van der Waals surface area contributed by atoms with Crippen molar-refractivity contribution in [2.24, 2.45) is 7.05 Å². The molecule has 24 heavy (non-hydrogen) atoms. The molecule has 1 aliphatic carbocycles. The van der Waals surface area contributed by atoms with Crippen molar-refractivity contribution < 1.29 is 4.79 Å². The van der Waals surface area contributed by atoms with Gasteiger partial charge in [-0.1, -0.05) is 5.21 Å². The summed E-state index contributed by atoms with van der Waals surface area (Å²) in [7, 11) is 1.76. The number of hydrogen-bond acceptors (Lipinski definition) is 6. The lowest BCUT2D eigenvalue weighted by Gasteiger charge is -2.35. The Morgan fingerprint density at radius 2 is 1.83 bits per heavy atom. The Morgan fingerprint density at radius 3 is 2.58 bits per heavy atom. The fourth-order valence-corrected chi connectivity index (χ4v) is 3.38. The van der Waals surface area contributed by atoms with Crippen LogP contribution in [0.15, 0.2) is 12.3 Å². The number of rotatable bonds is 2. The highest BCUT2D eigenvalue weighted by Gasteiger charge is 2.25. The van der Waals surface area contributed by atoms with Crippen molar-refractivity contribution in [1.82, 2.24) is 30.1 Å². The summed E-state index contributed by atoms with van der Waals surface area (Å²) >= 11 is 0. The fourth-order valence-electron chi connectivity index (χ4n) is 3.38. The molecule has 126 valence electrons. The molecule has 8 heteroatoms. The second kappa shape index (κ2) is 6.18. The van der Waals surface area contributed by atoms with Crippen molar-refractivity contribution in [2.45, 2.75) is 25.7 Å². The van der Waals surface area contributed by atoms with Gasteiger partial charge in [0, 0.05) is 33.2 Å². The highest BCUT2D eigenvalue weighted by Crippen LogP contribution is 2.23. The summed E-state index contributed by atoms with van der Waals surface area (Å²) in [6.45, 7) is 2.85. The summed E-state index contributed by atoms with van der Waals surface area (Å²) in [5, 5.41) is 16.5. The average molecular weight is 327 g/mol. The van der Waals surface area contributed by atoms with Gasteiger partial charge < -0.3 is 9.80 Å². The molecule has 0 bridgehead atoms. The number of hydrogen-bond donors (Lipinski definition) is 0. The van der Waals surface area contributed by atoms with E-state index in [1.807, 2.05) is 4.90 Å². The summed E-state index contributed by atoms with van der Waals surface area (Å²) < 4.78 is 1.55. The Hall–Kier alpha value is -2.51. The number of piperazine rings is 1. The van der Waals surface area contributed by atoms with Crippen LogP contribution in [0.5, 0.6) is 0 Å². The third-order valence-electron chi connectivity index (χ3n) is 4.77. The zero-order valence-corrected chi connectivity index (χ0v) is 13.9. The highest BCUT2D eigenvalue weighted by molar-refractivity contribution is 5.92. The Labute approximate surface area is 140 Å². The van der Waals surface area contributed by atoms with Crippen LogP contribution in [0.25, 0.3) is 0 Å². The molecule has 2 aromatic rings. The van der Waals surface area contributed by atoms with Gasteiger partial charge >= 0.3 is 0 Å². The van der Waals surface area contributed by atoms with E-state index < -0.39 is 0 Å². The summed E-state index contributed by atoms with van der Waals surface area (Å²) in [5.74, 6) is 0.876. The van der Waals surface area contributed by atoms with Crippen LogP contribution >= 0.6 is 0 Å². The largest absolute Gasteiger partial charge is 0.352 e. The minimum Gasteiger partial charge on any atom is -0.352 e. The van der Waals surface area contributed by atoms with Gasteiger partial charge in [-0.25, -0.2) is 0 Å². The van der Waals surface area contributed by atoms with Crippen LogP contribution in [-0.4, -0.2) is 62.2 Å². The van der Waals surface area contributed by atoms with E-state index in [1.165, 1.54) is 18.4 Å². The second-order valence-electron chi connectivity index (χ2n) is 6.44. The van der Waals surface area contributed by atoms with E-state index in [1.54, 1.807) is 17.9 Å². The minimum absolute atomic E-state index is 0.0562. The molecule has 0 aromatic carbocycles. The highest BCUT2D eigenvalue weighted by atomic mass is 16.2. The number of amides is 1. The van der Waals surface area contributed by atoms with Gasteiger partial charge in [0.25, 0.3) is 5.91 Å². The van der Waals surface area contributed by atoms with E-state index >= 15 is 0 Å². The van der Waals surface area contributed by atoms with Crippen LogP contribution in [0.2, 0.25) is 0 Å². The molecule has 1 fully saturated rings. The maximum absolute atomic E-state index is 12.4. The van der Waals surface area contributed by atoms with E-state index in [4.69, 9.17) is 0 Å². The first-order valence-electron chi connectivity index (χ1n) is 8.47. The lowest BCUT2D eigenvalue weighted by atomic mass is 9.97. The van der Waals surface area contributed by atoms with E-state index in [-0.39, 0.29) is 5.91 Å². The number of fused-ring (bicyclic) bond motifs is 1. The van der Waals surface area contributed by atoms with Crippen molar-refractivity contribution in [3.8, 4) is 0 Å². The molecule has 1 amide bonds. The molecule has 0 N–H and O–H groups in total. The third kappa shape index (κ3) is 2.83. The summed E-state index contributed by atoms with van der Waals surface area (Å²) in [5.41, 5.74) is 2.89. The van der Waals surface area contributed by atoms with Crippen molar-refractivity contribution in [3.05, 3.63) is 29.2 Å². The molecule has 1 saturated heterocycles.